The van der Waals surface area contributed by atoms with Crippen molar-refractivity contribution in [2.75, 3.05) is 0 Å². The predicted octanol–water partition coefficient (Wildman–Crippen LogP) is 1.97. The Kier molecular flexibility index (Phi) is 4.64. The molecule has 0 aliphatic heterocycles. The number of halogens is 1. The fourth-order valence-corrected chi connectivity index (χ4v) is 1.83. The van der Waals surface area contributed by atoms with Gasteiger partial charge in [-0.1, -0.05) is 23.7 Å². The van der Waals surface area contributed by atoms with Crippen molar-refractivity contribution in [3.05, 3.63) is 41.0 Å². The molecule has 7 heteroatoms. The number of fused-ring (bicyclic) bond motifs is 1. The van der Waals surface area contributed by atoms with E-state index in [0.29, 0.717) is 0 Å². The zero-order chi connectivity index (χ0) is 13.9. The predicted molar refractivity (Wildman–Crippen MR) is 69.0 cm³/mol. The SMILES string of the molecule is Cc1cc(Cl)c2ccccc2[n+]1C.O=S(=O)(O)O. The lowest BCUT2D eigenvalue weighted by atomic mass is 10.2. The minimum atomic E-state index is -4.67. The van der Waals surface area contributed by atoms with Crippen molar-refractivity contribution >= 4 is 32.9 Å². The number of hydrogen-bond donors (Lipinski definition) is 2. The molecule has 0 bridgehead atoms. The molecule has 0 aliphatic rings. The standard InChI is InChI=1S/C11H11ClN.H2O4S/c1-8-7-10(12)9-5-3-4-6-11(9)13(8)2;1-5(2,3)4/h3-7H,1-2H3;(H2,1,2,3,4)/q+1;. The third-order valence-corrected chi connectivity index (χ3v) is 2.70. The van der Waals surface area contributed by atoms with E-state index in [9.17, 15) is 0 Å². The number of nitrogens with zero attached hydrogens (tertiary/aromatic N) is 1. The Morgan fingerprint density at radius 3 is 2.28 bits per heavy atom. The van der Waals surface area contributed by atoms with Crippen molar-refractivity contribution in [1.29, 1.82) is 0 Å². The van der Waals surface area contributed by atoms with Crippen LogP contribution in [-0.4, -0.2) is 17.5 Å². The number of rotatable bonds is 0. The molecule has 2 rings (SSSR count). The summed E-state index contributed by atoms with van der Waals surface area (Å²) in [5.41, 5.74) is 2.34. The van der Waals surface area contributed by atoms with Crippen molar-refractivity contribution in [3.8, 4) is 0 Å². The first kappa shape index (κ1) is 14.8. The summed E-state index contributed by atoms with van der Waals surface area (Å²) < 4.78 is 33.7. The van der Waals surface area contributed by atoms with Crippen molar-refractivity contribution < 1.29 is 22.1 Å². The molecule has 0 aliphatic carbocycles. The lowest BCUT2D eigenvalue weighted by molar-refractivity contribution is -0.651. The Bertz CT molecular complexity index is 662. The van der Waals surface area contributed by atoms with Gasteiger partial charge >= 0.3 is 10.4 Å². The highest BCUT2D eigenvalue weighted by atomic mass is 35.5. The van der Waals surface area contributed by atoms with Gasteiger partial charge in [-0.2, -0.15) is 13.0 Å². The zero-order valence-electron chi connectivity index (χ0n) is 9.83. The van der Waals surface area contributed by atoms with E-state index in [-0.39, 0.29) is 0 Å². The molecule has 2 aromatic rings. The molecule has 0 spiro atoms. The van der Waals surface area contributed by atoms with E-state index < -0.39 is 10.4 Å². The van der Waals surface area contributed by atoms with Crippen LogP contribution in [0.15, 0.2) is 30.3 Å². The summed E-state index contributed by atoms with van der Waals surface area (Å²) in [5, 5.41) is 1.93. The van der Waals surface area contributed by atoms with Crippen LogP contribution < -0.4 is 4.57 Å². The maximum absolute atomic E-state index is 8.74. The van der Waals surface area contributed by atoms with Crippen LogP contribution in [0, 0.1) is 6.92 Å². The molecular weight excluding hydrogens is 278 g/mol. The summed E-state index contributed by atoms with van der Waals surface area (Å²) in [5.74, 6) is 0. The van der Waals surface area contributed by atoms with Crippen LogP contribution in [-0.2, 0) is 17.4 Å². The van der Waals surface area contributed by atoms with E-state index >= 15 is 0 Å². The number of benzene rings is 1. The first-order chi connectivity index (χ1) is 8.20. The lowest BCUT2D eigenvalue weighted by Crippen LogP contribution is -2.32. The van der Waals surface area contributed by atoms with Crippen LogP contribution in [0.25, 0.3) is 10.9 Å². The number of aryl methyl sites for hydroxylation is 2. The van der Waals surface area contributed by atoms with Crippen molar-refractivity contribution in [2.45, 2.75) is 6.92 Å². The van der Waals surface area contributed by atoms with E-state index in [1.54, 1.807) is 0 Å². The van der Waals surface area contributed by atoms with Crippen LogP contribution in [0.3, 0.4) is 0 Å². The summed E-state index contributed by atoms with van der Waals surface area (Å²) in [6, 6.07) is 10.1. The van der Waals surface area contributed by atoms with Gasteiger partial charge in [-0.05, 0) is 6.07 Å². The number of aromatic nitrogens is 1. The molecule has 5 nitrogen and oxygen atoms in total. The first-order valence-corrected chi connectivity index (χ1v) is 6.71. The van der Waals surface area contributed by atoms with Crippen molar-refractivity contribution in [1.82, 2.24) is 0 Å². The van der Waals surface area contributed by atoms with Crippen molar-refractivity contribution in [3.63, 3.8) is 0 Å². The zero-order valence-corrected chi connectivity index (χ0v) is 11.4. The van der Waals surface area contributed by atoms with Crippen LogP contribution >= 0.6 is 11.6 Å². The molecule has 0 radical (unpaired) electrons. The highest BCUT2D eigenvalue weighted by Crippen LogP contribution is 2.20. The van der Waals surface area contributed by atoms with Gasteiger partial charge in [-0.15, -0.1) is 0 Å². The Morgan fingerprint density at radius 1 is 1.22 bits per heavy atom. The first-order valence-electron chi connectivity index (χ1n) is 4.94. The van der Waals surface area contributed by atoms with Gasteiger partial charge in [0.2, 0.25) is 5.52 Å². The second kappa shape index (κ2) is 5.62. The topological polar surface area (TPSA) is 78.5 Å². The van der Waals surface area contributed by atoms with Gasteiger partial charge in [0.1, 0.15) is 7.05 Å². The minimum Gasteiger partial charge on any atom is -0.264 e. The maximum atomic E-state index is 8.74. The normalized spacial score (nSPS) is 10.9. The van der Waals surface area contributed by atoms with Gasteiger partial charge in [-0.3, -0.25) is 9.11 Å². The Hall–Kier alpha value is -1.21. The Morgan fingerprint density at radius 2 is 1.72 bits per heavy atom. The fraction of sp³-hybridized carbons (Fsp3) is 0.182. The van der Waals surface area contributed by atoms with E-state index in [4.69, 9.17) is 29.1 Å². The number of pyridine rings is 1. The van der Waals surface area contributed by atoms with Gasteiger partial charge in [0.25, 0.3) is 0 Å². The summed E-state index contributed by atoms with van der Waals surface area (Å²) in [6.07, 6.45) is 0. The van der Waals surface area contributed by atoms with E-state index in [1.165, 1.54) is 11.2 Å². The number of hydrogen-bond acceptors (Lipinski definition) is 2. The van der Waals surface area contributed by atoms with E-state index in [1.807, 2.05) is 31.3 Å². The molecular formula is C11H13ClNO4S+. The average molecular weight is 291 g/mol. The van der Waals surface area contributed by atoms with E-state index in [2.05, 4.69) is 17.6 Å². The molecule has 0 saturated carbocycles. The largest absolute Gasteiger partial charge is 0.394 e. The van der Waals surface area contributed by atoms with Crippen LogP contribution in [0.4, 0.5) is 0 Å². The molecule has 2 N–H and O–H groups in total. The highest BCUT2D eigenvalue weighted by molar-refractivity contribution is 7.79. The third kappa shape index (κ3) is 4.23. The smallest absolute Gasteiger partial charge is 0.264 e. The second-order valence-corrected chi connectivity index (χ2v) is 4.96. The molecule has 0 unspecified atom stereocenters. The average Bonchev–Trinajstić information content (AvgIpc) is 2.24. The Balaban J connectivity index is 0.000000280. The summed E-state index contributed by atoms with van der Waals surface area (Å²) >= 11 is 6.12. The van der Waals surface area contributed by atoms with Gasteiger partial charge in [-0.25, -0.2) is 0 Å². The summed E-state index contributed by atoms with van der Waals surface area (Å²) in [4.78, 5) is 0. The minimum absolute atomic E-state index is 0.825. The van der Waals surface area contributed by atoms with Crippen LogP contribution in [0.1, 0.15) is 5.69 Å². The molecule has 1 aromatic heterocycles. The summed E-state index contributed by atoms with van der Waals surface area (Å²) in [7, 11) is -2.62. The number of para-hydroxylation sites is 1. The van der Waals surface area contributed by atoms with Crippen molar-refractivity contribution in [2.24, 2.45) is 7.05 Å². The molecule has 0 saturated heterocycles. The van der Waals surface area contributed by atoms with Gasteiger partial charge in [0, 0.05) is 19.1 Å². The van der Waals surface area contributed by atoms with Gasteiger partial charge < -0.3 is 0 Å². The summed E-state index contributed by atoms with van der Waals surface area (Å²) in [6.45, 7) is 2.05. The molecule has 98 valence electrons. The highest BCUT2D eigenvalue weighted by Gasteiger charge is 2.10. The second-order valence-electron chi connectivity index (χ2n) is 3.66. The lowest BCUT2D eigenvalue weighted by Gasteiger charge is -2.00. The molecule has 18 heavy (non-hydrogen) atoms. The maximum Gasteiger partial charge on any atom is 0.394 e. The Labute approximate surface area is 110 Å². The fourth-order valence-electron chi connectivity index (χ4n) is 1.52. The van der Waals surface area contributed by atoms with Crippen LogP contribution in [0.5, 0.6) is 0 Å². The van der Waals surface area contributed by atoms with Gasteiger partial charge in [0.15, 0.2) is 5.69 Å². The quantitative estimate of drug-likeness (QED) is 0.574. The third-order valence-electron chi connectivity index (χ3n) is 2.39. The molecule has 1 heterocycles. The van der Waals surface area contributed by atoms with E-state index in [0.717, 1.165) is 10.4 Å². The molecule has 0 amide bonds. The molecule has 0 fully saturated rings. The van der Waals surface area contributed by atoms with Gasteiger partial charge in [0.05, 0.1) is 10.4 Å². The molecule has 1 aromatic carbocycles. The molecule has 0 atom stereocenters. The van der Waals surface area contributed by atoms with Crippen LogP contribution in [0.2, 0.25) is 5.02 Å². The monoisotopic (exact) mass is 290 g/mol.